The van der Waals surface area contributed by atoms with Gasteiger partial charge in [-0.15, -0.1) is 0 Å². The highest BCUT2D eigenvalue weighted by atomic mass is 32.2. The van der Waals surface area contributed by atoms with Gasteiger partial charge in [0, 0.05) is 11.4 Å². The molecule has 164 valence electrons. The van der Waals surface area contributed by atoms with E-state index in [9.17, 15) is 8.42 Å². The van der Waals surface area contributed by atoms with Crippen LogP contribution in [0, 0.1) is 0 Å². The SMILES string of the molecule is Nc1cc(S(=O)(=O)c2ccc(/C=C/c3ccccc3)c(N)c2)ccc1/C=C/c1ccccc1. The smallest absolute Gasteiger partial charge is 0.206 e. The van der Waals surface area contributed by atoms with Gasteiger partial charge in [0.2, 0.25) is 9.84 Å². The van der Waals surface area contributed by atoms with Crippen LogP contribution in [0.1, 0.15) is 22.3 Å². The monoisotopic (exact) mass is 452 g/mol. The molecule has 0 radical (unpaired) electrons. The molecule has 33 heavy (non-hydrogen) atoms. The molecule has 4 aromatic carbocycles. The van der Waals surface area contributed by atoms with E-state index in [1.807, 2.05) is 85.0 Å². The Kier molecular flexibility index (Phi) is 6.43. The van der Waals surface area contributed by atoms with Crippen LogP contribution in [0.15, 0.2) is 107 Å². The van der Waals surface area contributed by atoms with E-state index in [-0.39, 0.29) is 9.79 Å². The van der Waals surface area contributed by atoms with Crippen LogP contribution in [0.4, 0.5) is 11.4 Å². The highest BCUT2D eigenvalue weighted by molar-refractivity contribution is 7.91. The average Bonchev–Trinajstić information content (AvgIpc) is 2.83. The van der Waals surface area contributed by atoms with E-state index >= 15 is 0 Å². The summed E-state index contributed by atoms with van der Waals surface area (Å²) in [5.74, 6) is 0. The van der Waals surface area contributed by atoms with Crippen LogP contribution in [-0.2, 0) is 9.84 Å². The molecule has 0 bridgehead atoms. The van der Waals surface area contributed by atoms with Gasteiger partial charge >= 0.3 is 0 Å². The minimum Gasteiger partial charge on any atom is -0.398 e. The Morgan fingerprint density at radius 2 is 0.909 bits per heavy atom. The number of nitrogens with two attached hydrogens (primary N) is 2. The summed E-state index contributed by atoms with van der Waals surface area (Å²) >= 11 is 0. The molecule has 0 unspecified atom stereocenters. The van der Waals surface area contributed by atoms with Crippen molar-refractivity contribution < 1.29 is 8.42 Å². The van der Waals surface area contributed by atoms with Gasteiger partial charge in [-0.25, -0.2) is 8.42 Å². The summed E-state index contributed by atoms with van der Waals surface area (Å²) in [4.78, 5) is 0.257. The Bertz CT molecular complexity index is 1320. The summed E-state index contributed by atoms with van der Waals surface area (Å²) in [6.07, 6.45) is 7.60. The van der Waals surface area contributed by atoms with Crippen LogP contribution in [0.5, 0.6) is 0 Å². The normalized spacial score (nSPS) is 11.9. The molecule has 0 atom stereocenters. The standard InChI is InChI=1S/C28H24N2O2S/c29-27-19-25(17-15-23(27)13-11-21-7-3-1-4-8-21)33(31,32)26-18-16-24(28(30)20-26)14-12-22-9-5-2-6-10-22/h1-20H,29-30H2/b13-11+,14-12+. The van der Waals surface area contributed by atoms with Crippen molar-refractivity contribution in [2.75, 3.05) is 11.5 Å². The number of benzene rings is 4. The van der Waals surface area contributed by atoms with Gasteiger partial charge in [-0.05, 0) is 46.5 Å². The molecule has 4 aromatic rings. The molecule has 0 spiro atoms. The number of hydrogen-bond donors (Lipinski definition) is 2. The number of sulfone groups is 1. The van der Waals surface area contributed by atoms with Crippen molar-refractivity contribution in [1.82, 2.24) is 0 Å². The summed E-state index contributed by atoms with van der Waals surface area (Å²) < 4.78 is 26.3. The van der Waals surface area contributed by atoms with Gasteiger partial charge in [0.1, 0.15) is 0 Å². The second-order valence-corrected chi connectivity index (χ2v) is 9.52. The van der Waals surface area contributed by atoms with E-state index in [1.165, 1.54) is 12.1 Å². The number of rotatable bonds is 6. The first kappa shape index (κ1) is 22.1. The quantitative estimate of drug-likeness (QED) is 0.276. The van der Waals surface area contributed by atoms with Gasteiger partial charge < -0.3 is 11.5 Å². The average molecular weight is 453 g/mol. The van der Waals surface area contributed by atoms with E-state index in [2.05, 4.69) is 0 Å². The second kappa shape index (κ2) is 9.59. The van der Waals surface area contributed by atoms with E-state index in [0.717, 1.165) is 22.3 Å². The first-order valence-electron chi connectivity index (χ1n) is 10.4. The largest absolute Gasteiger partial charge is 0.398 e. The van der Waals surface area contributed by atoms with Crippen LogP contribution in [0.3, 0.4) is 0 Å². The maximum absolute atomic E-state index is 13.2. The molecular formula is C28H24N2O2S. The Morgan fingerprint density at radius 3 is 1.27 bits per heavy atom. The Hall–Kier alpha value is -4.09. The van der Waals surface area contributed by atoms with Crippen molar-refractivity contribution in [2.24, 2.45) is 0 Å². The molecule has 0 aliphatic carbocycles. The highest BCUT2D eigenvalue weighted by Crippen LogP contribution is 2.28. The predicted molar refractivity (Wildman–Crippen MR) is 138 cm³/mol. The summed E-state index contributed by atoms with van der Waals surface area (Å²) in [5.41, 5.74) is 16.7. The summed E-state index contributed by atoms with van der Waals surface area (Å²) in [7, 11) is -3.76. The van der Waals surface area contributed by atoms with E-state index in [0.29, 0.717) is 11.4 Å². The zero-order valence-electron chi connectivity index (χ0n) is 17.9. The Labute approximate surface area is 194 Å². The molecule has 0 amide bonds. The summed E-state index contributed by atoms with van der Waals surface area (Å²) in [5, 5.41) is 0. The topological polar surface area (TPSA) is 86.2 Å². The Morgan fingerprint density at radius 1 is 0.515 bits per heavy atom. The minimum atomic E-state index is -3.76. The Balaban J connectivity index is 1.57. The fourth-order valence-electron chi connectivity index (χ4n) is 3.38. The predicted octanol–water partition coefficient (Wildman–Crippen LogP) is 6.02. The first-order valence-corrected chi connectivity index (χ1v) is 11.9. The molecule has 5 heteroatoms. The van der Waals surface area contributed by atoms with Crippen molar-refractivity contribution in [3.63, 3.8) is 0 Å². The molecule has 4 rings (SSSR count). The molecule has 4 nitrogen and oxygen atoms in total. The fraction of sp³-hybridized carbons (Fsp3) is 0. The van der Waals surface area contributed by atoms with Crippen LogP contribution >= 0.6 is 0 Å². The number of anilines is 2. The second-order valence-electron chi connectivity index (χ2n) is 7.57. The lowest BCUT2D eigenvalue weighted by atomic mass is 10.1. The molecular weight excluding hydrogens is 428 g/mol. The zero-order chi connectivity index (χ0) is 23.3. The van der Waals surface area contributed by atoms with Gasteiger partial charge in [-0.2, -0.15) is 0 Å². The molecule has 0 aromatic heterocycles. The zero-order valence-corrected chi connectivity index (χ0v) is 18.7. The first-order chi connectivity index (χ1) is 15.9. The number of hydrogen-bond acceptors (Lipinski definition) is 4. The van der Waals surface area contributed by atoms with Crippen LogP contribution in [-0.4, -0.2) is 8.42 Å². The molecule has 4 N–H and O–H groups in total. The van der Waals surface area contributed by atoms with E-state index in [1.54, 1.807) is 24.3 Å². The van der Waals surface area contributed by atoms with Crippen molar-refractivity contribution >= 4 is 45.5 Å². The summed E-state index contributed by atoms with van der Waals surface area (Å²) in [6, 6.07) is 29.1. The lowest BCUT2D eigenvalue weighted by Crippen LogP contribution is -2.05. The van der Waals surface area contributed by atoms with Crippen molar-refractivity contribution in [3.8, 4) is 0 Å². The molecule has 0 saturated carbocycles. The third kappa shape index (κ3) is 5.22. The molecule has 0 saturated heterocycles. The minimum absolute atomic E-state index is 0.129. The molecule has 0 fully saturated rings. The van der Waals surface area contributed by atoms with Gasteiger partial charge in [0.25, 0.3) is 0 Å². The van der Waals surface area contributed by atoms with Crippen LogP contribution in [0.25, 0.3) is 24.3 Å². The van der Waals surface area contributed by atoms with E-state index < -0.39 is 9.84 Å². The van der Waals surface area contributed by atoms with Crippen molar-refractivity contribution in [1.29, 1.82) is 0 Å². The number of nitrogen functional groups attached to an aromatic ring is 2. The van der Waals surface area contributed by atoms with Crippen molar-refractivity contribution in [2.45, 2.75) is 9.79 Å². The van der Waals surface area contributed by atoms with Crippen molar-refractivity contribution in [3.05, 3.63) is 119 Å². The van der Waals surface area contributed by atoms with E-state index in [4.69, 9.17) is 11.5 Å². The maximum atomic E-state index is 13.2. The third-order valence-electron chi connectivity index (χ3n) is 5.25. The van der Waals surface area contributed by atoms with Gasteiger partial charge in [0.05, 0.1) is 9.79 Å². The summed E-state index contributed by atoms with van der Waals surface area (Å²) in [6.45, 7) is 0. The highest BCUT2D eigenvalue weighted by Gasteiger charge is 2.19. The lowest BCUT2D eigenvalue weighted by molar-refractivity contribution is 0.596. The third-order valence-corrected chi connectivity index (χ3v) is 7.00. The van der Waals surface area contributed by atoms with Crippen LogP contribution < -0.4 is 11.5 Å². The fourth-order valence-corrected chi connectivity index (χ4v) is 4.71. The lowest BCUT2D eigenvalue weighted by Gasteiger charge is -2.09. The van der Waals surface area contributed by atoms with Crippen LogP contribution in [0.2, 0.25) is 0 Å². The van der Waals surface area contributed by atoms with Gasteiger partial charge in [-0.1, -0.05) is 97.1 Å². The molecule has 0 aliphatic rings. The maximum Gasteiger partial charge on any atom is 0.206 e. The van der Waals surface area contributed by atoms with Gasteiger partial charge in [0.15, 0.2) is 0 Å². The molecule has 0 aliphatic heterocycles. The molecule has 0 heterocycles. The van der Waals surface area contributed by atoms with Gasteiger partial charge in [-0.3, -0.25) is 0 Å².